The van der Waals surface area contributed by atoms with Crippen LogP contribution >= 0.6 is 11.3 Å². The van der Waals surface area contributed by atoms with Crippen LogP contribution in [0, 0.1) is 0 Å². The molecule has 7 heteroatoms. The molecule has 0 saturated carbocycles. The van der Waals surface area contributed by atoms with Crippen LogP contribution in [0.1, 0.15) is 0 Å². The average Bonchev–Trinajstić information content (AvgIpc) is 1.46. The van der Waals surface area contributed by atoms with Gasteiger partial charge in [0.05, 0.1) is 0 Å². The molecular formula is H4BiCaF2IKLi. The molecule has 0 N–H and O–H groups in total. The Morgan fingerprint density at radius 1 is 1.29 bits per heavy atom. The molecule has 0 aromatic heterocycles. The molecule has 0 aliphatic heterocycles. The summed E-state index contributed by atoms with van der Waals surface area (Å²) in [4.78, 5) is 0. The molecule has 0 nitrogen and oxygen atoms in total. The van der Waals surface area contributed by atoms with Gasteiger partial charge in [0.1, 0.15) is 0 Å². The van der Waals surface area contributed by atoms with Crippen LogP contribution in [0.15, 0.2) is 0 Å². The molecule has 7 heavy (non-hydrogen) atoms. The van der Waals surface area contributed by atoms with Crippen LogP contribution in [0.3, 0.4) is 0 Å². The van der Waals surface area contributed by atoms with Gasteiger partial charge in [0, 0.05) is 0 Å². The number of hydrogen-bond donors (Lipinski definition) is 0. The van der Waals surface area contributed by atoms with Gasteiger partial charge in [0.25, 0.3) is 0 Å². The van der Waals surface area contributed by atoms with Crippen LogP contribution in [-0.2, 0) is 0 Å². The first-order chi connectivity index (χ1) is 2.41. The minimum atomic E-state index is -2.88. The van der Waals surface area contributed by atoms with Gasteiger partial charge < -0.3 is 0 Å². The summed E-state index contributed by atoms with van der Waals surface area (Å²) in [5, 5.41) is 0. The van der Waals surface area contributed by atoms with E-state index in [1.807, 2.05) is 0 Å². The molecule has 0 rings (SSSR count). The van der Waals surface area contributed by atoms with E-state index in [4.69, 9.17) is 0 Å². The Labute approximate surface area is 132 Å². The second-order valence-electron chi connectivity index (χ2n) is 0.101. The first-order valence-corrected chi connectivity index (χ1v) is 12.7. The van der Waals surface area contributed by atoms with Gasteiger partial charge in [-0.3, -0.25) is 0 Å². The van der Waals surface area contributed by atoms with Crippen LogP contribution in [0.25, 0.3) is 0 Å². The summed E-state index contributed by atoms with van der Waals surface area (Å²) >= 11 is 0.495. The van der Waals surface area contributed by atoms with E-state index >= 15 is 0 Å². The maximum atomic E-state index is 9.81. The normalized spacial score (nSPS) is 2.43. The Morgan fingerprint density at radius 3 is 1.29 bits per heavy atom. The molecule has 34 valence electrons. The van der Waals surface area contributed by atoms with Crippen LogP contribution in [-0.4, -0.2) is 123 Å². The molecule has 0 radical (unpaired) electrons. The van der Waals surface area contributed by atoms with E-state index in [0.29, 0.717) is 0 Å². The van der Waals surface area contributed by atoms with Crippen molar-refractivity contribution in [1.29, 1.82) is 0 Å². The van der Waals surface area contributed by atoms with Crippen molar-refractivity contribution in [1.82, 2.24) is 0 Å². The van der Waals surface area contributed by atoms with Gasteiger partial charge in [-0.1, -0.05) is 0 Å². The molecule has 0 bridgehead atoms. The van der Waals surface area contributed by atoms with Crippen LogP contribution in [0.2, 0.25) is 0 Å². The van der Waals surface area contributed by atoms with E-state index in [1.54, 1.807) is 0 Å². The van der Waals surface area contributed by atoms with E-state index in [9.17, 15) is 2.73 Å². The zero-order valence-electron chi connectivity index (χ0n) is 3.55. The van der Waals surface area contributed by atoms with Crippen molar-refractivity contribution in [2.75, 3.05) is 0 Å². The van der Waals surface area contributed by atoms with Crippen molar-refractivity contribution in [3.05, 3.63) is 0 Å². The molecule has 0 aromatic rings. The second kappa shape index (κ2) is 30.6. The van der Waals surface area contributed by atoms with E-state index in [0.717, 1.165) is 42.7 Å². The Bertz CT molecular complexity index is 17.7. The number of halogens is 3. The topological polar surface area (TPSA) is 0 Å². The van der Waals surface area contributed by atoms with Gasteiger partial charge >= 0.3 is 137 Å². The van der Waals surface area contributed by atoms with Crippen molar-refractivity contribution >= 4 is 134 Å². The van der Waals surface area contributed by atoms with E-state index < -0.39 is 35.4 Å². The third-order valence-corrected chi connectivity index (χ3v) is 0. The molecule has 0 amide bonds. The van der Waals surface area contributed by atoms with Gasteiger partial charge in [-0.15, -0.1) is 0 Å². The average molecular weight is 464 g/mol. The molecule has 0 saturated heterocycles. The molecular weight excluding hydrogens is 460 g/mol. The Balaban J connectivity index is -0.0000000105. The summed E-state index contributed by atoms with van der Waals surface area (Å²) in [5.41, 5.74) is 0. The summed E-state index contributed by atoms with van der Waals surface area (Å²) in [6.45, 7) is 0. The van der Waals surface area contributed by atoms with Crippen molar-refractivity contribution in [2.24, 2.45) is 0 Å². The van der Waals surface area contributed by atoms with Gasteiger partial charge in [-0.05, 0) is 0 Å². The zero-order valence-corrected chi connectivity index (χ0v) is 16.5. The summed E-state index contributed by atoms with van der Waals surface area (Å²) in [6.07, 6.45) is 0. The summed E-state index contributed by atoms with van der Waals surface area (Å²) < 4.78 is 19.6. The maximum absolute atomic E-state index is 9.81. The van der Waals surface area contributed by atoms with Crippen LogP contribution < -0.4 is 0 Å². The Hall–Kier alpha value is 4.97. The third-order valence-electron chi connectivity index (χ3n) is 0. The quantitative estimate of drug-likeness (QED) is 0.324. The van der Waals surface area contributed by atoms with E-state index in [-0.39, 0.29) is 45.1 Å². The zero-order chi connectivity index (χ0) is 4.71. The molecule has 0 aromatic carbocycles. The second-order valence-corrected chi connectivity index (χ2v) is 0.416. The summed E-state index contributed by atoms with van der Waals surface area (Å²) in [5.74, 6) is 0. The molecule has 0 aliphatic rings. The fourth-order valence-corrected chi connectivity index (χ4v) is 0. The molecule has 0 fully saturated rings. The third kappa shape index (κ3) is 35.7. The predicted octanol–water partition coefficient (Wildman–Crippen LogP) is -0.868. The van der Waals surface area contributed by atoms with Gasteiger partial charge in [0.2, 0.25) is 0 Å². The fourth-order valence-electron chi connectivity index (χ4n) is 0. The van der Waals surface area contributed by atoms with Crippen molar-refractivity contribution < 1.29 is 2.73 Å². The monoisotopic (exact) mass is 464 g/mol. The predicted molar refractivity (Wildman–Crippen MR) is 44.8 cm³/mol. The molecule has 0 aliphatic carbocycles. The number of rotatable bonds is 0. The van der Waals surface area contributed by atoms with E-state index in [2.05, 4.69) is 11.3 Å². The fraction of sp³-hybridized carbons (Fsp3) is 0. The van der Waals surface area contributed by atoms with Crippen molar-refractivity contribution in [3.63, 3.8) is 0 Å². The summed E-state index contributed by atoms with van der Waals surface area (Å²) in [6, 6.07) is 0. The standard InChI is InChI=1S/Bi.Ca.2FH.HI.K.Li.4H/h;;3*1H;;;;;;/q;+2;;;;+1;;;;;/p-3. The van der Waals surface area contributed by atoms with Gasteiger partial charge in [0.15, 0.2) is 0 Å². The van der Waals surface area contributed by atoms with Gasteiger partial charge in [-0.2, -0.15) is 0 Å². The Morgan fingerprint density at radius 2 is 1.29 bits per heavy atom. The first-order valence-electron chi connectivity index (χ1n) is 0.912. The molecule has 0 heterocycles. The summed E-state index contributed by atoms with van der Waals surface area (Å²) in [7, 11) is 0. The molecule has 0 spiro atoms. The van der Waals surface area contributed by atoms with E-state index in [1.165, 1.54) is 0 Å². The first kappa shape index (κ1) is 22.7. The van der Waals surface area contributed by atoms with Crippen LogP contribution in [0.4, 0.5) is 2.73 Å². The Kier molecular flexibility index (Phi) is 99.1. The molecule has 0 unspecified atom stereocenters. The van der Waals surface area contributed by atoms with Crippen molar-refractivity contribution in [3.8, 4) is 0 Å². The molecule has 0 atom stereocenters. The SMILES string of the molecule is [BiH3].[F][Ca][F].[K][I].[LiH]. The van der Waals surface area contributed by atoms with Crippen molar-refractivity contribution in [2.45, 2.75) is 0 Å². The number of hydrogen-bond acceptors (Lipinski definition) is 0. The van der Waals surface area contributed by atoms with Crippen LogP contribution in [0.5, 0.6) is 0 Å². The minimum absolute atomic E-state index is 0. The van der Waals surface area contributed by atoms with Gasteiger partial charge in [-0.25, -0.2) is 0 Å².